The summed E-state index contributed by atoms with van der Waals surface area (Å²) in [6.45, 7) is 1.05. The van der Waals surface area contributed by atoms with Gasteiger partial charge in [0.2, 0.25) is 11.8 Å². The van der Waals surface area contributed by atoms with Crippen LogP contribution in [0.2, 0.25) is 0 Å². The Hall–Kier alpha value is -0.900. The van der Waals surface area contributed by atoms with Gasteiger partial charge in [0, 0.05) is 18.4 Å². The summed E-state index contributed by atoms with van der Waals surface area (Å²) in [6.07, 6.45) is 3.53. The predicted molar refractivity (Wildman–Crippen MR) is 46.9 cm³/mol. The molecule has 2 rings (SSSR count). The lowest BCUT2D eigenvalue weighted by molar-refractivity contribution is -0.125. The Bertz CT molecular complexity index is 234. The molecule has 72 valence electrons. The highest BCUT2D eigenvalue weighted by atomic mass is 16.2. The van der Waals surface area contributed by atoms with Crippen LogP contribution in [0.3, 0.4) is 0 Å². The van der Waals surface area contributed by atoms with E-state index in [1.54, 1.807) is 0 Å². The van der Waals surface area contributed by atoms with Crippen LogP contribution in [0, 0.1) is 5.92 Å². The molecule has 2 fully saturated rings. The molecule has 0 radical (unpaired) electrons. The quantitative estimate of drug-likeness (QED) is 0.581. The van der Waals surface area contributed by atoms with Gasteiger partial charge < -0.3 is 5.32 Å². The SMILES string of the molecule is O=C1CC(CC2CCCN2)C(=O)N1. The van der Waals surface area contributed by atoms with Crippen LogP contribution in [0.15, 0.2) is 0 Å². The molecule has 2 N–H and O–H groups in total. The third-order valence-electron chi connectivity index (χ3n) is 2.80. The summed E-state index contributed by atoms with van der Waals surface area (Å²) in [7, 11) is 0. The van der Waals surface area contributed by atoms with Crippen molar-refractivity contribution in [1.82, 2.24) is 10.6 Å². The summed E-state index contributed by atoms with van der Waals surface area (Å²) in [4.78, 5) is 22.1. The van der Waals surface area contributed by atoms with Crippen LogP contribution >= 0.6 is 0 Å². The minimum atomic E-state index is -0.118. The fraction of sp³-hybridized carbons (Fsp3) is 0.778. The first kappa shape index (κ1) is 8.69. The predicted octanol–water partition coefficient (Wildman–Crippen LogP) is -0.209. The molecule has 0 bridgehead atoms. The second-order valence-corrected chi connectivity index (χ2v) is 3.84. The molecule has 0 aromatic carbocycles. The summed E-state index contributed by atoms with van der Waals surface area (Å²) in [5, 5.41) is 5.66. The lowest BCUT2D eigenvalue weighted by Gasteiger charge is -2.12. The van der Waals surface area contributed by atoms with Crippen molar-refractivity contribution in [2.75, 3.05) is 6.54 Å². The van der Waals surface area contributed by atoms with Gasteiger partial charge in [0.1, 0.15) is 0 Å². The summed E-state index contributed by atoms with van der Waals surface area (Å²) in [6, 6.07) is 0.446. The van der Waals surface area contributed by atoms with E-state index in [1.165, 1.54) is 6.42 Å². The highest BCUT2D eigenvalue weighted by Gasteiger charge is 2.32. The Kier molecular flexibility index (Phi) is 2.31. The molecule has 4 nitrogen and oxygen atoms in total. The van der Waals surface area contributed by atoms with E-state index in [2.05, 4.69) is 10.6 Å². The van der Waals surface area contributed by atoms with Gasteiger partial charge in [-0.2, -0.15) is 0 Å². The Morgan fingerprint density at radius 1 is 1.38 bits per heavy atom. The lowest BCUT2D eigenvalue weighted by Crippen LogP contribution is -2.28. The van der Waals surface area contributed by atoms with E-state index in [-0.39, 0.29) is 17.7 Å². The third kappa shape index (κ3) is 1.88. The Labute approximate surface area is 77.1 Å². The smallest absolute Gasteiger partial charge is 0.230 e. The number of nitrogens with one attached hydrogen (secondary N) is 2. The van der Waals surface area contributed by atoms with Crippen molar-refractivity contribution in [3.05, 3.63) is 0 Å². The third-order valence-corrected chi connectivity index (χ3v) is 2.80. The molecule has 4 heteroatoms. The van der Waals surface area contributed by atoms with Crippen LogP contribution in [-0.4, -0.2) is 24.4 Å². The number of imide groups is 1. The molecule has 0 aliphatic carbocycles. The van der Waals surface area contributed by atoms with Crippen molar-refractivity contribution < 1.29 is 9.59 Å². The molecular weight excluding hydrogens is 168 g/mol. The van der Waals surface area contributed by atoms with Gasteiger partial charge in [0.25, 0.3) is 0 Å². The normalized spacial score (nSPS) is 33.8. The van der Waals surface area contributed by atoms with Gasteiger partial charge in [-0.05, 0) is 25.8 Å². The van der Waals surface area contributed by atoms with Gasteiger partial charge in [-0.25, -0.2) is 0 Å². The van der Waals surface area contributed by atoms with Gasteiger partial charge >= 0.3 is 0 Å². The fourth-order valence-electron chi connectivity index (χ4n) is 2.10. The van der Waals surface area contributed by atoms with Crippen molar-refractivity contribution in [3.8, 4) is 0 Å². The molecule has 2 atom stereocenters. The zero-order chi connectivity index (χ0) is 9.26. The van der Waals surface area contributed by atoms with Crippen molar-refractivity contribution >= 4 is 11.8 Å². The van der Waals surface area contributed by atoms with E-state index in [1.807, 2.05) is 0 Å². The van der Waals surface area contributed by atoms with Crippen molar-refractivity contribution in [3.63, 3.8) is 0 Å². The molecule has 2 unspecified atom stereocenters. The summed E-state index contributed by atoms with van der Waals surface area (Å²) in [5.74, 6) is -0.283. The van der Waals surface area contributed by atoms with Crippen molar-refractivity contribution in [2.45, 2.75) is 31.7 Å². The highest BCUT2D eigenvalue weighted by molar-refractivity contribution is 6.03. The maximum atomic E-state index is 11.2. The topological polar surface area (TPSA) is 58.2 Å². The molecule has 0 saturated carbocycles. The monoisotopic (exact) mass is 182 g/mol. The van der Waals surface area contributed by atoms with Crippen LogP contribution in [-0.2, 0) is 9.59 Å². The summed E-state index contributed by atoms with van der Waals surface area (Å²) < 4.78 is 0. The van der Waals surface area contributed by atoms with Crippen LogP contribution in [0.5, 0.6) is 0 Å². The van der Waals surface area contributed by atoms with Crippen LogP contribution in [0.4, 0.5) is 0 Å². The molecule has 13 heavy (non-hydrogen) atoms. The second-order valence-electron chi connectivity index (χ2n) is 3.84. The van der Waals surface area contributed by atoms with Gasteiger partial charge in [-0.1, -0.05) is 0 Å². The van der Waals surface area contributed by atoms with Gasteiger partial charge in [-0.3, -0.25) is 14.9 Å². The first-order chi connectivity index (χ1) is 6.25. The molecule has 2 amide bonds. The van der Waals surface area contributed by atoms with Crippen LogP contribution in [0.1, 0.15) is 25.7 Å². The minimum Gasteiger partial charge on any atom is -0.314 e. The average Bonchev–Trinajstić information content (AvgIpc) is 2.63. The van der Waals surface area contributed by atoms with E-state index in [4.69, 9.17) is 0 Å². The Balaban J connectivity index is 1.87. The molecule has 2 aliphatic rings. The lowest BCUT2D eigenvalue weighted by atomic mass is 9.97. The van der Waals surface area contributed by atoms with E-state index in [0.717, 1.165) is 19.4 Å². The summed E-state index contributed by atoms with van der Waals surface area (Å²) in [5.41, 5.74) is 0. The molecule has 2 heterocycles. The first-order valence-electron chi connectivity index (χ1n) is 4.83. The van der Waals surface area contributed by atoms with E-state index in [0.29, 0.717) is 12.5 Å². The molecule has 0 aromatic rings. The molecule has 0 aromatic heterocycles. The van der Waals surface area contributed by atoms with Gasteiger partial charge in [0.05, 0.1) is 0 Å². The van der Waals surface area contributed by atoms with E-state index in [9.17, 15) is 9.59 Å². The van der Waals surface area contributed by atoms with E-state index >= 15 is 0 Å². The van der Waals surface area contributed by atoms with E-state index < -0.39 is 0 Å². The van der Waals surface area contributed by atoms with Gasteiger partial charge in [0.15, 0.2) is 0 Å². The molecule has 0 spiro atoms. The number of rotatable bonds is 2. The maximum absolute atomic E-state index is 11.2. The zero-order valence-corrected chi connectivity index (χ0v) is 7.51. The molecule has 2 aliphatic heterocycles. The van der Waals surface area contributed by atoms with Gasteiger partial charge in [-0.15, -0.1) is 0 Å². The largest absolute Gasteiger partial charge is 0.314 e. The van der Waals surface area contributed by atoms with Crippen molar-refractivity contribution in [1.29, 1.82) is 0 Å². The van der Waals surface area contributed by atoms with Crippen molar-refractivity contribution in [2.24, 2.45) is 5.92 Å². The number of carbonyl (C=O) groups excluding carboxylic acids is 2. The molecule has 2 saturated heterocycles. The maximum Gasteiger partial charge on any atom is 0.230 e. The standard InChI is InChI=1S/C9H14N2O2/c12-8-5-6(9(13)11-8)4-7-2-1-3-10-7/h6-7,10H,1-5H2,(H,11,12,13). The first-order valence-corrected chi connectivity index (χ1v) is 4.83. The molecular formula is C9H14N2O2. The second kappa shape index (κ2) is 3.46. The number of carbonyl (C=O) groups is 2. The zero-order valence-electron chi connectivity index (χ0n) is 7.51. The Morgan fingerprint density at radius 3 is 2.77 bits per heavy atom. The summed E-state index contributed by atoms with van der Waals surface area (Å²) >= 11 is 0. The minimum absolute atomic E-state index is 0.0805. The fourth-order valence-corrected chi connectivity index (χ4v) is 2.10. The average molecular weight is 182 g/mol. The Morgan fingerprint density at radius 2 is 2.23 bits per heavy atom. The number of hydrogen-bond donors (Lipinski definition) is 2. The number of hydrogen-bond acceptors (Lipinski definition) is 3. The van der Waals surface area contributed by atoms with Crippen LogP contribution < -0.4 is 10.6 Å². The number of amides is 2. The highest BCUT2D eigenvalue weighted by Crippen LogP contribution is 2.20. The van der Waals surface area contributed by atoms with Crippen LogP contribution in [0.25, 0.3) is 0 Å².